The minimum Gasteiger partial charge on any atom is -0.465 e. The maximum Gasteiger partial charge on any atom is 0.339 e. The maximum atomic E-state index is 13.1. The predicted molar refractivity (Wildman–Crippen MR) is 168 cm³/mol. The summed E-state index contributed by atoms with van der Waals surface area (Å²) in [6.45, 7) is 8.46. The van der Waals surface area contributed by atoms with Crippen molar-refractivity contribution in [3.8, 4) is 5.69 Å². The number of pyridine rings is 1. The molecule has 42 heavy (non-hydrogen) atoms. The number of ether oxygens (including phenoxy) is 1. The van der Waals surface area contributed by atoms with Gasteiger partial charge in [0.15, 0.2) is 5.11 Å². The Kier molecular flexibility index (Phi) is 8.40. The van der Waals surface area contributed by atoms with Crippen LogP contribution >= 0.6 is 12.2 Å². The van der Waals surface area contributed by atoms with Gasteiger partial charge in [-0.2, -0.15) is 0 Å². The molecule has 8 nitrogen and oxygen atoms in total. The summed E-state index contributed by atoms with van der Waals surface area (Å²) < 4.78 is 7.14. The van der Waals surface area contributed by atoms with Crippen LogP contribution in [0.5, 0.6) is 0 Å². The Morgan fingerprint density at radius 3 is 2.52 bits per heavy atom. The second-order valence-electron chi connectivity index (χ2n) is 10.6. The average molecular weight is 582 g/mol. The SMILES string of the molecule is COC(=O)c1ccccc1-n1c(C)cc([C@@H]2[C@H](c3ccccn3)NC(=S)N2CCC(=O)Nc2cc(C)ccc2C)c1C. The average Bonchev–Trinajstić information content (AvgIpc) is 3.47. The first kappa shape index (κ1) is 29.0. The van der Waals surface area contributed by atoms with Gasteiger partial charge in [-0.05, 0) is 93.0 Å². The molecular weight excluding hydrogens is 546 g/mol. The van der Waals surface area contributed by atoms with Crippen molar-refractivity contribution < 1.29 is 14.3 Å². The third-order valence-corrected chi connectivity index (χ3v) is 8.14. The zero-order chi connectivity index (χ0) is 30.0. The number of anilines is 1. The molecule has 0 saturated carbocycles. The number of methoxy groups -OCH3 is 1. The molecule has 2 aromatic heterocycles. The summed E-state index contributed by atoms with van der Waals surface area (Å²) in [6, 6.07) is 20.9. The van der Waals surface area contributed by atoms with E-state index in [0.717, 1.165) is 45.1 Å². The Hall–Kier alpha value is -4.50. The van der Waals surface area contributed by atoms with Crippen molar-refractivity contribution in [2.75, 3.05) is 19.0 Å². The molecule has 5 rings (SSSR count). The number of benzene rings is 2. The highest BCUT2D eigenvalue weighted by molar-refractivity contribution is 7.80. The molecule has 1 aliphatic rings. The van der Waals surface area contributed by atoms with E-state index in [1.54, 1.807) is 12.3 Å². The van der Waals surface area contributed by atoms with Gasteiger partial charge < -0.3 is 24.8 Å². The smallest absolute Gasteiger partial charge is 0.339 e. The van der Waals surface area contributed by atoms with E-state index in [-0.39, 0.29) is 24.4 Å². The summed E-state index contributed by atoms with van der Waals surface area (Å²) in [6.07, 6.45) is 2.03. The number of hydrogen-bond acceptors (Lipinski definition) is 5. The highest BCUT2D eigenvalue weighted by atomic mass is 32.1. The first-order valence-corrected chi connectivity index (χ1v) is 14.3. The van der Waals surface area contributed by atoms with Gasteiger partial charge >= 0.3 is 5.97 Å². The summed E-state index contributed by atoms with van der Waals surface area (Å²) in [5.74, 6) is -0.477. The number of nitrogens with one attached hydrogen (secondary N) is 2. The Morgan fingerprint density at radius 1 is 1.02 bits per heavy atom. The summed E-state index contributed by atoms with van der Waals surface area (Å²) in [4.78, 5) is 32.5. The Morgan fingerprint density at radius 2 is 1.79 bits per heavy atom. The number of hydrogen-bond donors (Lipinski definition) is 2. The van der Waals surface area contributed by atoms with E-state index in [9.17, 15) is 9.59 Å². The summed E-state index contributed by atoms with van der Waals surface area (Å²) in [5, 5.41) is 7.10. The molecule has 216 valence electrons. The molecule has 0 unspecified atom stereocenters. The number of carbonyl (C=O) groups is 2. The van der Waals surface area contributed by atoms with Crippen molar-refractivity contribution in [1.29, 1.82) is 0 Å². The molecule has 9 heteroatoms. The number of nitrogens with zero attached hydrogens (tertiary/aromatic N) is 3. The van der Waals surface area contributed by atoms with Gasteiger partial charge in [-0.15, -0.1) is 0 Å². The van der Waals surface area contributed by atoms with E-state index in [2.05, 4.69) is 31.2 Å². The number of thiocarbonyl (C=S) groups is 1. The number of aromatic nitrogens is 2. The molecule has 2 N–H and O–H groups in total. The van der Waals surface area contributed by atoms with Crippen LogP contribution in [-0.4, -0.2) is 45.1 Å². The number of esters is 1. The van der Waals surface area contributed by atoms with Gasteiger partial charge in [0.2, 0.25) is 5.91 Å². The molecule has 0 bridgehead atoms. The standard InChI is InChI=1S/C33H35N5O3S/c1-20-13-14-21(2)27(18-20)35-29(39)15-17-37-31(30(36-33(37)42)26-11-8-9-16-34-26)25-19-22(3)38(23(25)4)28-12-7-6-10-24(28)32(40)41-5/h6-14,16,18-19,30-31H,15,17H2,1-5H3,(H,35,39)(H,36,42)/t30-,31+/m0/s1. The van der Waals surface area contributed by atoms with E-state index < -0.39 is 5.97 Å². The molecule has 3 heterocycles. The van der Waals surface area contributed by atoms with E-state index in [4.69, 9.17) is 17.0 Å². The van der Waals surface area contributed by atoms with Gasteiger partial charge in [-0.3, -0.25) is 9.78 Å². The topological polar surface area (TPSA) is 88.5 Å². The zero-order valence-electron chi connectivity index (χ0n) is 24.5. The van der Waals surface area contributed by atoms with E-state index in [0.29, 0.717) is 17.2 Å². The van der Waals surface area contributed by atoms with Gasteiger partial charge in [-0.1, -0.05) is 30.3 Å². The van der Waals surface area contributed by atoms with Gasteiger partial charge in [-0.25, -0.2) is 4.79 Å². The second kappa shape index (κ2) is 12.2. The predicted octanol–water partition coefficient (Wildman–Crippen LogP) is 5.89. The van der Waals surface area contributed by atoms with Gasteiger partial charge in [0.05, 0.1) is 36.1 Å². The van der Waals surface area contributed by atoms with Crippen LogP contribution in [0, 0.1) is 27.7 Å². The van der Waals surface area contributed by atoms with Crippen LogP contribution in [-0.2, 0) is 9.53 Å². The van der Waals surface area contributed by atoms with E-state index >= 15 is 0 Å². The molecular formula is C33H35N5O3S. The number of carbonyl (C=O) groups excluding carboxylic acids is 2. The number of rotatable bonds is 8. The monoisotopic (exact) mass is 581 g/mol. The fourth-order valence-corrected chi connectivity index (χ4v) is 6.03. The van der Waals surface area contributed by atoms with Crippen LogP contribution in [0.2, 0.25) is 0 Å². The molecule has 2 atom stereocenters. The lowest BCUT2D eigenvalue weighted by molar-refractivity contribution is -0.116. The third-order valence-electron chi connectivity index (χ3n) is 7.78. The third kappa shape index (κ3) is 5.65. The van der Waals surface area contributed by atoms with Gasteiger partial charge in [0, 0.05) is 36.2 Å². The van der Waals surface area contributed by atoms with Crippen molar-refractivity contribution in [3.05, 3.63) is 112 Å². The van der Waals surface area contributed by atoms with Crippen molar-refractivity contribution >= 4 is 34.9 Å². The van der Waals surface area contributed by atoms with Crippen molar-refractivity contribution in [3.63, 3.8) is 0 Å². The fraction of sp³-hybridized carbons (Fsp3) is 0.273. The Bertz CT molecular complexity index is 1650. The van der Waals surface area contributed by atoms with Crippen LogP contribution in [0.3, 0.4) is 0 Å². The van der Waals surface area contributed by atoms with Gasteiger partial charge in [0.1, 0.15) is 0 Å². The molecule has 2 aromatic carbocycles. The largest absolute Gasteiger partial charge is 0.465 e. The minimum absolute atomic E-state index is 0.0796. The quantitative estimate of drug-likeness (QED) is 0.198. The molecule has 0 spiro atoms. The van der Waals surface area contributed by atoms with Crippen molar-refractivity contribution in [1.82, 2.24) is 19.8 Å². The lowest BCUT2D eigenvalue weighted by Crippen LogP contribution is -2.33. The van der Waals surface area contributed by atoms with Gasteiger partial charge in [0.25, 0.3) is 0 Å². The minimum atomic E-state index is -0.397. The Balaban J connectivity index is 1.50. The fourth-order valence-electron chi connectivity index (χ4n) is 5.70. The van der Waals surface area contributed by atoms with Crippen LogP contribution in [0.15, 0.2) is 72.9 Å². The molecule has 4 aromatic rings. The first-order chi connectivity index (χ1) is 20.2. The van der Waals surface area contributed by atoms with Crippen molar-refractivity contribution in [2.45, 2.75) is 46.2 Å². The summed E-state index contributed by atoms with van der Waals surface area (Å²) >= 11 is 5.85. The van der Waals surface area contributed by atoms with Crippen LogP contribution in [0.4, 0.5) is 5.69 Å². The maximum absolute atomic E-state index is 13.1. The number of para-hydroxylation sites is 1. The van der Waals surface area contributed by atoms with E-state index in [1.165, 1.54) is 7.11 Å². The second-order valence-corrected chi connectivity index (χ2v) is 11.0. The summed E-state index contributed by atoms with van der Waals surface area (Å²) in [5.41, 5.74) is 7.95. The number of amides is 1. The molecule has 1 fully saturated rings. The molecule has 1 saturated heterocycles. The van der Waals surface area contributed by atoms with Crippen LogP contribution in [0.25, 0.3) is 5.69 Å². The highest BCUT2D eigenvalue weighted by Crippen LogP contribution is 2.41. The molecule has 1 amide bonds. The lowest BCUT2D eigenvalue weighted by Gasteiger charge is -2.28. The molecule has 0 radical (unpaired) electrons. The number of aryl methyl sites for hydroxylation is 3. The van der Waals surface area contributed by atoms with E-state index in [1.807, 2.05) is 82.3 Å². The highest BCUT2D eigenvalue weighted by Gasteiger charge is 2.41. The lowest BCUT2D eigenvalue weighted by atomic mass is 9.96. The first-order valence-electron chi connectivity index (χ1n) is 13.9. The Labute approximate surface area is 251 Å². The zero-order valence-corrected chi connectivity index (χ0v) is 25.3. The normalized spacial score (nSPS) is 16.3. The van der Waals surface area contributed by atoms with Crippen molar-refractivity contribution in [2.24, 2.45) is 0 Å². The molecule has 0 aliphatic carbocycles. The molecule has 1 aliphatic heterocycles. The van der Waals surface area contributed by atoms with Crippen LogP contribution in [0.1, 0.15) is 62.6 Å². The van der Waals surface area contributed by atoms with Crippen LogP contribution < -0.4 is 10.6 Å². The summed E-state index contributed by atoms with van der Waals surface area (Å²) in [7, 11) is 1.39.